The van der Waals surface area contributed by atoms with Crippen molar-refractivity contribution in [3.8, 4) is 50.5 Å². The molecule has 0 radical (unpaired) electrons. The summed E-state index contributed by atoms with van der Waals surface area (Å²) in [6, 6.07) is 57.0. The minimum absolute atomic E-state index is 0.0789. The van der Waals surface area contributed by atoms with E-state index in [4.69, 9.17) is 9.98 Å². The molecule has 9 aromatic rings. The quantitative estimate of drug-likeness (QED) is 0.173. The first-order chi connectivity index (χ1) is 27.2. The van der Waals surface area contributed by atoms with Crippen LogP contribution in [0.4, 0.5) is 0 Å². The standard InChI is InChI=1S/C49H34N6/c1-3-10-36(11-4-1)47-42-29-40-28-38(33-15-17-34(18-16-33)44-32-54-27-9-25-50-49(54)52-44)19-20-39(40)30-45(42)55(48(47)37-12-5-2-6-13-37)41-23-21-35(22-24-41)43-31-53-26-8-7-14-46(53)51-43/h1-31,44H,32H2. The zero-order valence-electron chi connectivity index (χ0n) is 29.9. The summed E-state index contributed by atoms with van der Waals surface area (Å²) in [6.07, 6.45) is 9.94. The van der Waals surface area contributed by atoms with Crippen LogP contribution in [-0.4, -0.2) is 37.6 Å². The van der Waals surface area contributed by atoms with Crippen LogP contribution in [0.15, 0.2) is 192 Å². The van der Waals surface area contributed by atoms with E-state index in [0.29, 0.717) is 0 Å². The molecule has 11 rings (SSSR count). The Balaban J connectivity index is 1.05. The Labute approximate surface area is 318 Å². The third-order valence-corrected chi connectivity index (χ3v) is 10.9. The number of fused-ring (bicyclic) bond motifs is 4. The van der Waals surface area contributed by atoms with Crippen molar-refractivity contribution in [3.63, 3.8) is 0 Å². The van der Waals surface area contributed by atoms with Gasteiger partial charge >= 0.3 is 0 Å². The molecule has 6 aromatic carbocycles. The minimum atomic E-state index is 0.0789. The minimum Gasteiger partial charge on any atom is -0.315 e. The number of nitrogens with zero attached hydrogens (tertiary/aromatic N) is 6. The number of benzene rings is 6. The predicted molar refractivity (Wildman–Crippen MR) is 226 cm³/mol. The highest BCUT2D eigenvalue weighted by atomic mass is 15.3. The molecular weight excluding hydrogens is 673 g/mol. The summed E-state index contributed by atoms with van der Waals surface area (Å²) >= 11 is 0. The summed E-state index contributed by atoms with van der Waals surface area (Å²) < 4.78 is 4.50. The van der Waals surface area contributed by atoms with Crippen LogP contribution < -0.4 is 0 Å². The third-order valence-electron chi connectivity index (χ3n) is 10.9. The largest absolute Gasteiger partial charge is 0.315 e. The maximum Gasteiger partial charge on any atom is 0.225 e. The summed E-state index contributed by atoms with van der Waals surface area (Å²) in [5, 5.41) is 3.61. The molecule has 6 heteroatoms. The van der Waals surface area contributed by atoms with Crippen LogP contribution in [0.3, 0.4) is 0 Å². The van der Waals surface area contributed by atoms with Crippen LogP contribution in [0.5, 0.6) is 0 Å². The molecule has 260 valence electrons. The van der Waals surface area contributed by atoms with E-state index in [-0.39, 0.29) is 6.04 Å². The van der Waals surface area contributed by atoms with E-state index >= 15 is 0 Å². The third kappa shape index (κ3) is 5.38. The average Bonchev–Trinajstić information content (AvgIpc) is 3.98. The monoisotopic (exact) mass is 706 g/mol. The molecule has 0 fully saturated rings. The van der Waals surface area contributed by atoms with Crippen LogP contribution in [0.2, 0.25) is 0 Å². The molecule has 0 aliphatic carbocycles. The van der Waals surface area contributed by atoms with Crippen LogP contribution >= 0.6 is 0 Å². The highest BCUT2D eigenvalue weighted by Crippen LogP contribution is 2.44. The molecule has 1 atom stereocenters. The van der Waals surface area contributed by atoms with Crippen molar-refractivity contribution in [2.24, 2.45) is 9.98 Å². The number of allylic oxidation sites excluding steroid dienone is 1. The molecule has 0 N–H and O–H groups in total. The number of hydrogen-bond acceptors (Lipinski definition) is 4. The van der Waals surface area contributed by atoms with Gasteiger partial charge in [-0.05, 0) is 87.1 Å². The van der Waals surface area contributed by atoms with E-state index in [1.165, 1.54) is 49.7 Å². The SMILES string of the molecule is C1=CN2CC(c3ccc(-c4ccc5cc6c(cc5c4)c(-c4ccccc4)c(-c4ccccc4)n6-c4ccc(-c5cn6ccccc6n5)cc4)cc3)N=C2N=C1. The lowest BCUT2D eigenvalue weighted by Crippen LogP contribution is -2.22. The Morgan fingerprint density at radius 2 is 1.35 bits per heavy atom. The van der Waals surface area contributed by atoms with Gasteiger partial charge in [0.05, 0.1) is 29.5 Å². The van der Waals surface area contributed by atoms with Crippen LogP contribution in [0.25, 0.3) is 77.8 Å². The summed E-state index contributed by atoms with van der Waals surface area (Å²) in [7, 11) is 0. The molecule has 1 unspecified atom stereocenters. The Bertz CT molecular complexity index is 2950. The van der Waals surface area contributed by atoms with Gasteiger partial charge in [-0.1, -0.05) is 115 Å². The lowest BCUT2D eigenvalue weighted by Gasteiger charge is -2.15. The average molecular weight is 707 g/mol. The number of pyridine rings is 1. The highest BCUT2D eigenvalue weighted by Gasteiger charge is 2.26. The fourth-order valence-corrected chi connectivity index (χ4v) is 8.19. The molecule has 6 nitrogen and oxygen atoms in total. The van der Waals surface area contributed by atoms with Crippen molar-refractivity contribution in [3.05, 3.63) is 188 Å². The molecule has 0 amide bonds. The maximum absolute atomic E-state index is 4.89. The Morgan fingerprint density at radius 1 is 0.600 bits per heavy atom. The summed E-state index contributed by atoms with van der Waals surface area (Å²) in [5.41, 5.74) is 13.5. The van der Waals surface area contributed by atoms with Gasteiger partial charge in [0.1, 0.15) is 5.65 Å². The Kier molecular flexibility index (Phi) is 7.20. The fourth-order valence-electron chi connectivity index (χ4n) is 8.19. The van der Waals surface area contributed by atoms with Gasteiger partial charge in [0.15, 0.2) is 0 Å². The summed E-state index contributed by atoms with van der Waals surface area (Å²) in [5.74, 6) is 0.789. The first-order valence-corrected chi connectivity index (χ1v) is 18.7. The van der Waals surface area contributed by atoms with Crippen LogP contribution in [-0.2, 0) is 0 Å². The van der Waals surface area contributed by atoms with E-state index in [0.717, 1.165) is 46.2 Å². The fraction of sp³-hybridized carbons (Fsp3) is 0.0408. The van der Waals surface area contributed by atoms with Crippen molar-refractivity contribution in [2.45, 2.75) is 6.04 Å². The molecule has 2 aliphatic rings. The predicted octanol–water partition coefficient (Wildman–Crippen LogP) is 11.4. The van der Waals surface area contributed by atoms with E-state index in [9.17, 15) is 0 Å². The second-order valence-electron chi connectivity index (χ2n) is 14.2. The van der Waals surface area contributed by atoms with Gasteiger partial charge in [0.25, 0.3) is 0 Å². The number of hydrogen-bond donors (Lipinski definition) is 0. The van der Waals surface area contributed by atoms with Crippen molar-refractivity contribution in [1.82, 2.24) is 18.9 Å². The van der Waals surface area contributed by atoms with Gasteiger partial charge < -0.3 is 13.9 Å². The molecule has 0 bridgehead atoms. The van der Waals surface area contributed by atoms with Crippen molar-refractivity contribution in [1.29, 1.82) is 0 Å². The number of rotatable bonds is 6. The molecule has 3 aromatic heterocycles. The lowest BCUT2D eigenvalue weighted by atomic mass is 9.95. The van der Waals surface area contributed by atoms with Gasteiger partial charge in [0.2, 0.25) is 5.96 Å². The topological polar surface area (TPSA) is 50.2 Å². The first kappa shape index (κ1) is 31.2. The van der Waals surface area contributed by atoms with Gasteiger partial charge in [-0.25, -0.2) is 15.0 Å². The van der Waals surface area contributed by atoms with Gasteiger partial charge in [0, 0.05) is 47.0 Å². The number of guanidine groups is 1. The van der Waals surface area contributed by atoms with Gasteiger partial charge in [-0.15, -0.1) is 0 Å². The van der Waals surface area contributed by atoms with Crippen molar-refractivity contribution in [2.75, 3.05) is 6.54 Å². The van der Waals surface area contributed by atoms with Gasteiger partial charge in [-0.2, -0.15) is 0 Å². The zero-order chi connectivity index (χ0) is 36.3. The molecule has 0 spiro atoms. The molecule has 2 aliphatic heterocycles. The van der Waals surface area contributed by atoms with Crippen LogP contribution in [0.1, 0.15) is 11.6 Å². The van der Waals surface area contributed by atoms with E-state index in [1.807, 2.05) is 36.7 Å². The van der Waals surface area contributed by atoms with E-state index in [1.54, 1.807) is 6.21 Å². The summed E-state index contributed by atoms with van der Waals surface area (Å²) in [6.45, 7) is 0.814. The number of aliphatic imine (C=N–C) groups is 2. The number of imidazole rings is 1. The Hall–Kier alpha value is -7.31. The molecule has 0 saturated carbocycles. The maximum atomic E-state index is 4.89. The smallest absolute Gasteiger partial charge is 0.225 e. The second kappa shape index (κ2) is 12.7. The number of aromatic nitrogens is 3. The molecule has 55 heavy (non-hydrogen) atoms. The zero-order valence-corrected chi connectivity index (χ0v) is 29.9. The summed E-state index contributed by atoms with van der Waals surface area (Å²) in [4.78, 5) is 16.3. The Morgan fingerprint density at radius 3 is 2.13 bits per heavy atom. The van der Waals surface area contributed by atoms with E-state index < -0.39 is 0 Å². The highest BCUT2D eigenvalue weighted by molar-refractivity contribution is 6.11. The molecule has 0 saturated heterocycles. The van der Waals surface area contributed by atoms with Crippen molar-refractivity contribution >= 4 is 39.5 Å². The second-order valence-corrected chi connectivity index (χ2v) is 14.2. The van der Waals surface area contributed by atoms with Gasteiger partial charge in [-0.3, -0.25) is 0 Å². The van der Waals surface area contributed by atoms with Crippen molar-refractivity contribution < 1.29 is 0 Å². The molecule has 5 heterocycles. The van der Waals surface area contributed by atoms with Crippen LogP contribution in [0, 0.1) is 0 Å². The van der Waals surface area contributed by atoms with E-state index in [2.05, 4.69) is 165 Å². The first-order valence-electron chi connectivity index (χ1n) is 18.7. The lowest BCUT2D eigenvalue weighted by molar-refractivity contribution is 0.546. The molecular formula is C49H34N6. The normalized spacial score (nSPS) is 14.9.